The molecule has 0 aromatic carbocycles. The van der Waals surface area contributed by atoms with Crippen molar-refractivity contribution in [2.75, 3.05) is 6.61 Å². The van der Waals surface area contributed by atoms with Crippen molar-refractivity contribution in [3.05, 3.63) is 29.6 Å². The smallest absolute Gasteiger partial charge is 0.270 e. The zero-order valence-corrected chi connectivity index (χ0v) is 9.84. The summed E-state index contributed by atoms with van der Waals surface area (Å²) in [5.41, 5.74) is 0.646. The van der Waals surface area contributed by atoms with Crippen molar-refractivity contribution in [2.24, 2.45) is 5.92 Å². The molecule has 1 rings (SSSR count). The third-order valence-electron chi connectivity index (χ3n) is 2.44. The van der Waals surface area contributed by atoms with Crippen LogP contribution in [0.25, 0.3) is 0 Å². The molecule has 17 heavy (non-hydrogen) atoms. The predicted octanol–water partition coefficient (Wildman–Crippen LogP) is 0.700. The van der Waals surface area contributed by atoms with Crippen molar-refractivity contribution in [1.82, 2.24) is 10.3 Å². The van der Waals surface area contributed by atoms with Crippen molar-refractivity contribution in [2.45, 2.75) is 19.9 Å². The molecule has 0 spiro atoms. The third kappa shape index (κ3) is 3.54. The monoisotopic (exact) mass is 233 g/mol. The maximum atomic E-state index is 11.8. The lowest BCUT2D eigenvalue weighted by Crippen LogP contribution is -2.41. The van der Waals surface area contributed by atoms with Gasteiger partial charge in [-0.2, -0.15) is 5.26 Å². The molecular formula is C12H15N3O2. The first-order valence-corrected chi connectivity index (χ1v) is 5.36. The Morgan fingerprint density at radius 2 is 2.29 bits per heavy atom. The van der Waals surface area contributed by atoms with Gasteiger partial charge in [-0.3, -0.25) is 4.79 Å². The third-order valence-corrected chi connectivity index (χ3v) is 2.44. The zero-order valence-electron chi connectivity index (χ0n) is 9.84. The SMILES string of the molecule is CC(C)[C@@H](CO)NC(=O)c1ccc(C#N)cn1. The Balaban J connectivity index is 2.73. The van der Waals surface area contributed by atoms with E-state index in [1.54, 1.807) is 0 Å². The second-order valence-corrected chi connectivity index (χ2v) is 4.05. The van der Waals surface area contributed by atoms with Crippen molar-refractivity contribution >= 4 is 5.91 Å². The molecule has 1 atom stereocenters. The summed E-state index contributed by atoms with van der Waals surface area (Å²) in [7, 11) is 0. The molecule has 0 aliphatic heterocycles. The Morgan fingerprint density at radius 3 is 2.71 bits per heavy atom. The fourth-order valence-corrected chi connectivity index (χ4v) is 1.26. The van der Waals surface area contributed by atoms with E-state index in [9.17, 15) is 4.79 Å². The van der Waals surface area contributed by atoms with Crippen molar-refractivity contribution < 1.29 is 9.90 Å². The fraction of sp³-hybridized carbons (Fsp3) is 0.417. The van der Waals surface area contributed by atoms with E-state index in [4.69, 9.17) is 10.4 Å². The highest BCUT2D eigenvalue weighted by atomic mass is 16.3. The van der Waals surface area contributed by atoms with Gasteiger partial charge in [0.25, 0.3) is 5.91 Å². The van der Waals surface area contributed by atoms with Crippen LogP contribution in [0.15, 0.2) is 18.3 Å². The fourth-order valence-electron chi connectivity index (χ4n) is 1.26. The van der Waals surface area contributed by atoms with E-state index in [0.29, 0.717) is 5.56 Å². The first kappa shape index (κ1) is 13.1. The van der Waals surface area contributed by atoms with Gasteiger partial charge in [-0.25, -0.2) is 4.98 Å². The van der Waals surface area contributed by atoms with Gasteiger partial charge in [-0.05, 0) is 18.1 Å². The van der Waals surface area contributed by atoms with Crippen LogP contribution in [-0.4, -0.2) is 28.6 Å². The first-order valence-electron chi connectivity index (χ1n) is 5.36. The Bertz CT molecular complexity index is 420. The Labute approximate surface area is 100 Å². The summed E-state index contributed by atoms with van der Waals surface area (Å²) in [6, 6.07) is 4.66. The molecule has 0 fully saturated rings. The van der Waals surface area contributed by atoms with Crippen LogP contribution in [-0.2, 0) is 0 Å². The van der Waals surface area contributed by atoms with Crippen molar-refractivity contribution in [1.29, 1.82) is 5.26 Å². The molecule has 0 unspecified atom stereocenters. The maximum absolute atomic E-state index is 11.8. The molecule has 90 valence electrons. The zero-order chi connectivity index (χ0) is 12.8. The van der Waals surface area contributed by atoms with Crippen LogP contribution in [0.3, 0.4) is 0 Å². The number of amides is 1. The lowest BCUT2D eigenvalue weighted by molar-refractivity contribution is 0.0892. The molecule has 2 N–H and O–H groups in total. The summed E-state index contributed by atoms with van der Waals surface area (Å²) in [6.07, 6.45) is 1.35. The Kier molecular flexibility index (Phi) is 4.61. The largest absolute Gasteiger partial charge is 0.394 e. The second kappa shape index (κ2) is 5.97. The number of aliphatic hydroxyl groups excluding tert-OH is 1. The topological polar surface area (TPSA) is 86.0 Å². The van der Waals surface area contributed by atoms with E-state index in [2.05, 4.69) is 10.3 Å². The van der Waals surface area contributed by atoms with Gasteiger partial charge in [0.15, 0.2) is 0 Å². The van der Waals surface area contributed by atoms with E-state index in [1.165, 1.54) is 18.3 Å². The summed E-state index contributed by atoms with van der Waals surface area (Å²) in [5.74, 6) is -0.204. The highest BCUT2D eigenvalue weighted by Gasteiger charge is 2.16. The van der Waals surface area contributed by atoms with Gasteiger partial charge in [0.2, 0.25) is 0 Å². The van der Waals surface area contributed by atoms with Crippen molar-refractivity contribution in [3.63, 3.8) is 0 Å². The number of pyridine rings is 1. The molecular weight excluding hydrogens is 218 g/mol. The van der Waals surface area contributed by atoms with Gasteiger partial charge in [-0.15, -0.1) is 0 Å². The Hall–Kier alpha value is -1.93. The van der Waals surface area contributed by atoms with Crippen LogP contribution in [0.1, 0.15) is 29.9 Å². The molecule has 0 bridgehead atoms. The average molecular weight is 233 g/mol. The molecule has 1 aromatic heterocycles. The average Bonchev–Trinajstić information content (AvgIpc) is 2.35. The summed E-state index contributed by atoms with van der Waals surface area (Å²) in [5, 5.41) is 20.4. The highest BCUT2D eigenvalue weighted by molar-refractivity contribution is 5.92. The standard InChI is InChI=1S/C12H15N3O2/c1-8(2)11(7-16)15-12(17)10-4-3-9(5-13)6-14-10/h3-4,6,8,11,16H,7H2,1-2H3,(H,15,17)/t11-/m1/s1. The van der Waals surface area contributed by atoms with E-state index in [1.807, 2.05) is 19.9 Å². The number of hydrogen-bond acceptors (Lipinski definition) is 4. The van der Waals surface area contributed by atoms with Gasteiger partial charge >= 0.3 is 0 Å². The number of nitrogens with one attached hydrogen (secondary N) is 1. The minimum absolute atomic E-state index is 0.111. The van der Waals surface area contributed by atoms with E-state index in [0.717, 1.165) is 0 Å². The molecule has 1 aromatic rings. The number of hydrogen-bond donors (Lipinski definition) is 2. The van der Waals surface area contributed by atoms with Crippen LogP contribution in [0.5, 0.6) is 0 Å². The molecule has 0 aliphatic rings. The minimum atomic E-state index is -0.345. The molecule has 1 heterocycles. The van der Waals surface area contributed by atoms with E-state index < -0.39 is 0 Å². The summed E-state index contributed by atoms with van der Waals surface area (Å²) >= 11 is 0. The van der Waals surface area contributed by atoms with E-state index >= 15 is 0 Å². The predicted molar refractivity (Wildman–Crippen MR) is 62.1 cm³/mol. The van der Waals surface area contributed by atoms with Gasteiger partial charge in [0.05, 0.1) is 18.2 Å². The number of carbonyl (C=O) groups excluding carboxylic acids is 1. The summed E-state index contributed by atoms with van der Waals surface area (Å²) < 4.78 is 0. The van der Waals surface area contributed by atoms with E-state index in [-0.39, 0.29) is 30.2 Å². The highest BCUT2D eigenvalue weighted by Crippen LogP contribution is 2.03. The number of aromatic nitrogens is 1. The normalized spacial score (nSPS) is 11.9. The van der Waals surface area contributed by atoms with Gasteiger partial charge in [0, 0.05) is 6.20 Å². The summed E-state index contributed by atoms with van der Waals surface area (Å²) in [6.45, 7) is 3.71. The number of aliphatic hydroxyl groups is 1. The molecule has 5 heteroatoms. The Morgan fingerprint density at radius 1 is 1.59 bits per heavy atom. The number of nitrogens with zero attached hydrogens (tertiary/aromatic N) is 2. The molecule has 0 saturated carbocycles. The van der Waals surface area contributed by atoms with Gasteiger partial charge in [0.1, 0.15) is 11.8 Å². The van der Waals surface area contributed by atoms with Crippen LogP contribution in [0, 0.1) is 17.2 Å². The van der Waals surface area contributed by atoms with Gasteiger partial charge in [-0.1, -0.05) is 13.8 Å². The first-order chi connectivity index (χ1) is 8.08. The summed E-state index contributed by atoms with van der Waals surface area (Å²) in [4.78, 5) is 15.6. The van der Waals surface area contributed by atoms with Crippen LogP contribution < -0.4 is 5.32 Å². The molecule has 0 radical (unpaired) electrons. The van der Waals surface area contributed by atoms with Gasteiger partial charge < -0.3 is 10.4 Å². The van der Waals surface area contributed by atoms with Crippen LogP contribution in [0.4, 0.5) is 0 Å². The maximum Gasteiger partial charge on any atom is 0.270 e. The molecule has 0 aliphatic carbocycles. The van der Waals surface area contributed by atoms with Crippen LogP contribution >= 0.6 is 0 Å². The molecule has 0 saturated heterocycles. The molecule has 1 amide bonds. The van der Waals surface area contributed by atoms with Crippen LogP contribution in [0.2, 0.25) is 0 Å². The minimum Gasteiger partial charge on any atom is -0.394 e. The lowest BCUT2D eigenvalue weighted by Gasteiger charge is -2.19. The lowest BCUT2D eigenvalue weighted by atomic mass is 10.1. The quantitative estimate of drug-likeness (QED) is 0.801. The second-order valence-electron chi connectivity index (χ2n) is 4.05. The number of carbonyl (C=O) groups is 1. The number of rotatable bonds is 4. The number of nitriles is 1. The van der Waals surface area contributed by atoms with Crippen molar-refractivity contribution in [3.8, 4) is 6.07 Å². The molecule has 5 nitrogen and oxygen atoms in total.